The van der Waals surface area contributed by atoms with Gasteiger partial charge in [0.1, 0.15) is 6.61 Å². The zero-order chi connectivity index (χ0) is 18.8. The van der Waals surface area contributed by atoms with Gasteiger partial charge in [-0.25, -0.2) is 0 Å². The maximum atomic E-state index is 13.4. The number of hydrogen-bond acceptors (Lipinski definition) is 3. The summed E-state index contributed by atoms with van der Waals surface area (Å²) in [6.45, 7) is 6.34. The largest absolute Gasteiger partial charge is 0.332 e. The Morgan fingerprint density at radius 2 is 1.62 bits per heavy atom. The minimum absolute atomic E-state index is 0.499. The van der Waals surface area contributed by atoms with E-state index in [1.165, 1.54) is 11.1 Å². The van der Waals surface area contributed by atoms with Crippen molar-refractivity contribution >= 4 is 14.0 Å². The summed E-state index contributed by atoms with van der Waals surface area (Å²) in [6.07, 6.45) is 8.17. The zero-order valence-electron chi connectivity index (χ0n) is 14.7. The molecule has 0 saturated heterocycles. The average Bonchev–Trinajstić information content (AvgIpc) is 2.44. The van der Waals surface area contributed by atoms with Gasteiger partial charge in [-0.15, -0.1) is 0 Å². The summed E-state index contributed by atoms with van der Waals surface area (Å²) in [5.41, 5.74) is 3.03. The molecule has 0 spiro atoms. The summed E-state index contributed by atoms with van der Waals surface area (Å²) in [4.78, 5) is 19.9. The van der Waals surface area contributed by atoms with Gasteiger partial charge in [-0.1, -0.05) is 28.9 Å². The highest BCUT2D eigenvalue weighted by atomic mass is 31.1. The summed E-state index contributed by atoms with van der Waals surface area (Å²) >= 11 is 0. The number of carbonyl (C=O) groups is 1. The molecule has 0 aliphatic carbocycles. The molecule has 0 fully saturated rings. The number of alkyl halides is 2. The van der Waals surface area contributed by atoms with Crippen molar-refractivity contribution in [1.29, 1.82) is 0 Å². The van der Waals surface area contributed by atoms with E-state index in [2.05, 4.69) is 10.6 Å². The molecule has 1 unspecified atom stereocenters. The number of carbonyl (C=O) groups excluding carboxylic acids is 1. The van der Waals surface area contributed by atoms with E-state index < -0.39 is 26.6 Å². The topological polar surface area (TPSA) is 63.6 Å². The van der Waals surface area contributed by atoms with Crippen LogP contribution in [0.2, 0.25) is 0 Å². The molecule has 0 amide bonds. The standard InChI is InChI=1S/C17H27F2O4P/c1-13(2)7-5-8-14(3)9-6-10-15(4)11-16(20)17(18,19)12-23-24(21)22/h7,9,11,24H,5-6,8,10,12H2,1-4H3,(H,21,22). The van der Waals surface area contributed by atoms with Crippen LogP contribution in [0.1, 0.15) is 53.4 Å². The van der Waals surface area contributed by atoms with Crippen LogP contribution < -0.4 is 0 Å². The monoisotopic (exact) mass is 364 g/mol. The van der Waals surface area contributed by atoms with Crippen LogP contribution in [0.3, 0.4) is 0 Å². The van der Waals surface area contributed by atoms with Gasteiger partial charge >= 0.3 is 14.2 Å². The van der Waals surface area contributed by atoms with Crippen LogP contribution in [0.25, 0.3) is 0 Å². The van der Waals surface area contributed by atoms with Crippen molar-refractivity contribution < 1.29 is 27.6 Å². The Morgan fingerprint density at radius 1 is 1.08 bits per heavy atom. The molecule has 7 heteroatoms. The highest BCUT2D eigenvalue weighted by Gasteiger charge is 2.37. The Bertz CT molecular complexity index is 533. The molecule has 0 aromatic carbocycles. The van der Waals surface area contributed by atoms with Crippen molar-refractivity contribution in [1.82, 2.24) is 0 Å². The molecule has 0 aliphatic rings. The predicted molar refractivity (Wildman–Crippen MR) is 92.5 cm³/mol. The molecule has 4 nitrogen and oxygen atoms in total. The molecule has 1 atom stereocenters. The van der Waals surface area contributed by atoms with Crippen molar-refractivity contribution in [3.8, 4) is 0 Å². The van der Waals surface area contributed by atoms with E-state index in [9.17, 15) is 18.1 Å². The van der Waals surface area contributed by atoms with Gasteiger partial charge in [-0.2, -0.15) is 8.78 Å². The lowest BCUT2D eigenvalue weighted by atomic mass is 10.0. The van der Waals surface area contributed by atoms with Crippen molar-refractivity contribution in [2.75, 3.05) is 6.61 Å². The molecule has 24 heavy (non-hydrogen) atoms. The Balaban J connectivity index is 4.41. The van der Waals surface area contributed by atoms with E-state index in [0.717, 1.165) is 18.9 Å². The molecule has 0 bridgehead atoms. The van der Waals surface area contributed by atoms with E-state index in [0.29, 0.717) is 18.4 Å². The van der Waals surface area contributed by atoms with Gasteiger partial charge in [-0.3, -0.25) is 9.36 Å². The molecule has 0 aliphatic heterocycles. The maximum absolute atomic E-state index is 13.4. The lowest BCUT2D eigenvalue weighted by molar-refractivity contribution is -0.141. The van der Waals surface area contributed by atoms with E-state index in [1.54, 1.807) is 6.92 Å². The van der Waals surface area contributed by atoms with Crippen LogP contribution in [0.4, 0.5) is 8.78 Å². The second kappa shape index (κ2) is 11.5. The van der Waals surface area contributed by atoms with Gasteiger partial charge in [0, 0.05) is 0 Å². The SMILES string of the molecule is CC(C)=CCCC(C)=CCCC(C)=CC(=O)C(F)(F)CO[PH](=O)O. The van der Waals surface area contributed by atoms with Crippen LogP contribution in [-0.4, -0.2) is 23.2 Å². The molecule has 0 aromatic heterocycles. The normalized spacial score (nSPS) is 14.5. The smallest absolute Gasteiger partial charge is 0.326 e. The summed E-state index contributed by atoms with van der Waals surface area (Å²) in [7, 11) is -3.48. The first-order valence-electron chi connectivity index (χ1n) is 7.78. The summed E-state index contributed by atoms with van der Waals surface area (Å²) in [5, 5.41) is 0. The number of ketones is 1. The average molecular weight is 364 g/mol. The zero-order valence-corrected chi connectivity index (χ0v) is 15.7. The summed E-state index contributed by atoms with van der Waals surface area (Å²) < 4.78 is 41.1. The van der Waals surface area contributed by atoms with Gasteiger partial charge in [0.05, 0.1) is 0 Å². The van der Waals surface area contributed by atoms with Crippen molar-refractivity contribution in [3.05, 3.63) is 34.9 Å². The van der Waals surface area contributed by atoms with Crippen LogP contribution in [0.5, 0.6) is 0 Å². The number of allylic oxidation sites excluding steroid dienone is 6. The minimum atomic E-state index is -3.79. The molecule has 0 heterocycles. The van der Waals surface area contributed by atoms with Crippen LogP contribution in [0, 0.1) is 0 Å². The molecular formula is C17H27F2O4P. The first-order chi connectivity index (χ1) is 11.0. The Morgan fingerprint density at radius 3 is 2.17 bits per heavy atom. The van der Waals surface area contributed by atoms with Gasteiger partial charge in [-0.05, 0) is 59.5 Å². The van der Waals surface area contributed by atoms with Crippen LogP contribution >= 0.6 is 8.25 Å². The number of halogens is 2. The molecule has 1 N–H and O–H groups in total. The second-order valence-electron chi connectivity index (χ2n) is 6.02. The second-order valence-corrected chi connectivity index (χ2v) is 6.84. The lowest BCUT2D eigenvalue weighted by Crippen LogP contribution is -2.32. The van der Waals surface area contributed by atoms with Gasteiger partial charge in [0.25, 0.3) is 0 Å². The Hall–Kier alpha value is -1.10. The first-order valence-corrected chi connectivity index (χ1v) is 9.05. The van der Waals surface area contributed by atoms with Crippen molar-refractivity contribution in [2.45, 2.75) is 59.3 Å². The van der Waals surface area contributed by atoms with Crippen molar-refractivity contribution in [2.24, 2.45) is 0 Å². The molecule has 0 radical (unpaired) electrons. The van der Waals surface area contributed by atoms with E-state index in [-0.39, 0.29) is 0 Å². The van der Waals surface area contributed by atoms with E-state index >= 15 is 0 Å². The number of hydrogen-bond donors (Lipinski definition) is 1. The number of rotatable bonds is 11. The molecule has 0 saturated carbocycles. The van der Waals surface area contributed by atoms with Crippen LogP contribution in [0.15, 0.2) is 34.9 Å². The maximum Gasteiger partial charge on any atom is 0.332 e. The lowest BCUT2D eigenvalue weighted by Gasteiger charge is -2.12. The molecular weight excluding hydrogens is 337 g/mol. The Kier molecular flexibility index (Phi) is 10.9. The van der Waals surface area contributed by atoms with Gasteiger partial charge in [0.2, 0.25) is 5.78 Å². The predicted octanol–water partition coefficient (Wildman–Crippen LogP) is 5.01. The summed E-state index contributed by atoms with van der Waals surface area (Å²) in [6, 6.07) is 0. The highest BCUT2D eigenvalue weighted by molar-refractivity contribution is 7.32. The van der Waals surface area contributed by atoms with Crippen LogP contribution in [-0.2, 0) is 13.9 Å². The minimum Gasteiger partial charge on any atom is -0.326 e. The fourth-order valence-corrected chi connectivity index (χ4v) is 2.17. The fourth-order valence-electron chi connectivity index (χ4n) is 1.86. The first kappa shape index (κ1) is 22.9. The molecule has 0 aromatic rings. The fraction of sp³-hybridized carbons (Fsp3) is 0.588. The highest BCUT2D eigenvalue weighted by Crippen LogP contribution is 2.24. The van der Waals surface area contributed by atoms with E-state index in [1.807, 2.05) is 26.8 Å². The summed E-state index contributed by atoms with van der Waals surface area (Å²) in [5.74, 6) is -5.20. The van der Waals surface area contributed by atoms with Gasteiger partial charge in [0.15, 0.2) is 0 Å². The Labute approximate surface area is 143 Å². The molecule has 0 rings (SSSR count). The van der Waals surface area contributed by atoms with Gasteiger partial charge < -0.3 is 9.42 Å². The quantitative estimate of drug-likeness (QED) is 0.318. The third-order valence-corrected chi connectivity index (χ3v) is 3.63. The van der Waals surface area contributed by atoms with E-state index in [4.69, 9.17) is 4.89 Å². The third-order valence-electron chi connectivity index (χ3n) is 3.24. The third kappa shape index (κ3) is 11.4. The van der Waals surface area contributed by atoms with Crippen molar-refractivity contribution in [3.63, 3.8) is 0 Å². The molecule has 138 valence electrons.